The Bertz CT molecular complexity index is 298. The summed E-state index contributed by atoms with van der Waals surface area (Å²) in [7, 11) is 1.90. The molecule has 1 aliphatic carbocycles. The first-order chi connectivity index (χ1) is 6.33. The molecule has 2 heteroatoms. The molecule has 2 nitrogen and oxygen atoms in total. The fourth-order valence-electron chi connectivity index (χ4n) is 2.04. The fourth-order valence-corrected chi connectivity index (χ4v) is 2.04. The molecule has 0 spiro atoms. The van der Waals surface area contributed by atoms with Crippen LogP contribution in [-0.4, -0.2) is 18.2 Å². The Balaban J connectivity index is 2.33. The Morgan fingerprint density at radius 3 is 2.92 bits per heavy atom. The number of hydrogen-bond acceptors (Lipinski definition) is 2. The van der Waals surface area contributed by atoms with Crippen molar-refractivity contribution in [1.29, 1.82) is 0 Å². The lowest BCUT2D eigenvalue weighted by Crippen LogP contribution is -2.35. The van der Waals surface area contributed by atoms with Crippen LogP contribution in [-0.2, 0) is 6.42 Å². The number of aryl methyl sites for hydroxylation is 1. The Hall–Kier alpha value is -0.860. The number of aliphatic hydroxyl groups excluding tert-OH is 1. The number of nitrogens with one attached hydrogen (secondary N) is 1. The Morgan fingerprint density at radius 2 is 2.15 bits per heavy atom. The van der Waals surface area contributed by atoms with E-state index in [1.165, 1.54) is 5.56 Å². The Morgan fingerprint density at radius 1 is 1.38 bits per heavy atom. The van der Waals surface area contributed by atoms with Crippen molar-refractivity contribution in [2.45, 2.75) is 25.0 Å². The molecule has 1 aliphatic rings. The first kappa shape index (κ1) is 8.73. The van der Waals surface area contributed by atoms with Gasteiger partial charge in [-0.1, -0.05) is 24.3 Å². The van der Waals surface area contributed by atoms with Gasteiger partial charge in [-0.25, -0.2) is 0 Å². The summed E-state index contributed by atoms with van der Waals surface area (Å²) in [4.78, 5) is 0. The summed E-state index contributed by atoms with van der Waals surface area (Å²) in [5.74, 6) is 0. The van der Waals surface area contributed by atoms with Gasteiger partial charge in [0.1, 0.15) is 0 Å². The van der Waals surface area contributed by atoms with Gasteiger partial charge >= 0.3 is 0 Å². The number of aliphatic hydroxyl groups is 1. The van der Waals surface area contributed by atoms with E-state index in [-0.39, 0.29) is 12.1 Å². The molecule has 0 aromatic heterocycles. The first-order valence-electron chi connectivity index (χ1n) is 4.76. The fraction of sp³-hybridized carbons (Fsp3) is 0.455. The molecule has 0 amide bonds. The van der Waals surface area contributed by atoms with Gasteiger partial charge in [0.25, 0.3) is 0 Å². The van der Waals surface area contributed by atoms with Crippen LogP contribution in [0.3, 0.4) is 0 Å². The van der Waals surface area contributed by atoms with Crippen molar-refractivity contribution in [3.05, 3.63) is 35.4 Å². The van der Waals surface area contributed by atoms with Crippen LogP contribution < -0.4 is 5.32 Å². The van der Waals surface area contributed by atoms with Gasteiger partial charge in [0, 0.05) is 6.04 Å². The second-order valence-electron chi connectivity index (χ2n) is 3.58. The summed E-state index contributed by atoms with van der Waals surface area (Å²) in [5, 5.41) is 13.1. The third kappa shape index (κ3) is 1.47. The van der Waals surface area contributed by atoms with E-state index in [9.17, 15) is 5.11 Å². The lowest BCUT2D eigenvalue weighted by atomic mass is 9.86. The van der Waals surface area contributed by atoms with Gasteiger partial charge in [0.15, 0.2) is 0 Å². The highest BCUT2D eigenvalue weighted by Gasteiger charge is 2.25. The van der Waals surface area contributed by atoms with Crippen LogP contribution in [0.15, 0.2) is 24.3 Å². The van der Waals surface area contributed by atoms with Gasteiger partial charge in [-0.2, -0.15) is 0 Å². The summed E-state index contributed by atoms with van der Waals surface area (Å²) < 4.78 is 0. The number of benzene rings is 1. The molecule has 0 aliphatic heterocycles. The molecule has 13 heavy (non-hydrogen) atoms. The van der Waals surface area contributed by atoms with Gasteiger partial charge in [-0.15, -0.1) is 0 Å². The number of likely N-dealkylation sites (N-methyl/N-ethyl adjacent to an activating group) is 1. The Kier molecular flexibility index (Phi) is 2.34. The molecule has 0 saturated heterocycles. The maximum Gasteiger partial charge on any atom is 0.0945 e. The molecule has 0 heterocycles. The van der Waals surface area contributed by atoms with Crippen LogP contribution in [0.5, 0.6) is 0 Å². The summed E-state index contributed by atoms with van der Waals surface area (Å²) in [5.41, 5.74) is 2.38. The van der Waals surface area contributed by atoms with E-state index >= 15 is 0 Å². The molecule has 1 aromatic rings. The van der Waals surface area contributed by atoms with Crippen molar-refractivity contribution < 1.29 is 5.11 Å². The summed E-state index contributed by atoms with van der Waals surface area (Å²) in [6.07, 6.45) is 1.75. The van der Waals surface area contributed by atoms with E-state index in [1.54, 1.807) is 0 Å². The van der Waals surface area contributed by atoms with Crippen LogP contribution in [0, 0.1) is 0 Å². The zero-order chi connectivity index (χ0) is 9.26. The molecule has 0 saturated carbocycles. The summed E-state index contributed by atoms with van der Waals surface area (Å²) in [6.45, 7) is 0. The predicted molar refractivity (Wildman–Crippen MR) is 52.6 cm³/mol. The van der Waals surface area contributed by atoms with Crippen LogP contribution in [0.1, 0.15) is 23.7 Å². The molecule has 2 atom stereocenters. The van der Waals surface area contributed by atoms with Gasteiger partial charge in [-0.05, 0) is 31.0 Å². The largest absolute Gasteiger partial charge is 0.387 e. The molecule has 70 valence electrons. The maximum atomic E-state index is 9.96. The van der Waals surface area contributed by atoms with Crippen LogP contribution in [0.2, 0.25) is 0 Å². The van der Waals surface area contributed by atoms with Gasteiger partial charge in [0.2, 0.25) is 0 Å². The lowest BCUT2D eigenvalue weighted by Gasteiger charge is -2.29. The molecule has 1 aromatic carbocycles. The topological polar surface area (TPSA) is 32.3 Å². The average molecular weight is 177 g/mol. The monoisotopic (exact) mass is 177 g/mol. The van der Waals surface area contributed by atoms with Gasteiger partial charge < -0.3 is 10.4 Å². The third-order valence-corrected chi connectivity index (χ3v) is 2.85. The molecule has 2 rings (SSSR count). The number of rotatable bonds is 1. The van der Waals surface area contributed by atoms with E-state index in [1.807, 2.05) is 25.2 Å². The van der Waals surface area contributed by atoms with Crippen LogP contribution >= 0.6 is 0 Å². The standard InChI is InChI=1S/C11H15NO/c1-12-10-7-6-8-4-2-3-5-9(8)11(10)13/h2-5,10-13H,6-7H2,1H3/t10-,11?/m1/s1. The molecular weight excluding hydrogens is 162 g/mol. The second kappa shape index (κ2) is 3.48. The smallest absolute Gasteiger partial charge is 0.0945 e. The lowest BCUT2D eigenvalue weighted by molar-refractivity contribution is 0.119. The number of hydrogen-bond donors (Lipinski definition) is 2. The maximum absolute atomic E-state index is 9.96. The highest BCUT2D eigenvalue weighted by Crippen LogP contribution is 2.29. The average Bonchev–Trinajstić information content (AvgIpc) is 2.19. The Labute approximate surface area is 78.6 Å². The highest BCUT2D eigenvalue weighted by atomic mass is 16.3. The first-order valence-corrected chi connectivity index (χ1v) is 4.76. The van der Waals surface area contributed by atoms with Crippen molar-refractivity contribution in [3.63, 3.8) is 0 Å². The van der Waals surface area contributed by atoms with Gasteiger partial charge in [-0.3, -0.25) is 0 Å². The summed E-state index contributed by atoms with van der Waals surface area (Å²) >= 11 is 0. The third-order valence-electron chi connectivity index (χ3n) is 2.85. The minimum atomic E-state index is -0.338. The van der Waals surface area contributed by atoms with E-state index in [2.05, 4.69) is 11.4 Å². The predicted octanol–water partition coefficient (Wildman–Crippen LogP) is 1.25. The molecule has 2 N–H and O–H groups in total. The molecule has 0 fully saturated rings. The van der Waals surface area contributed by atoms with E-state index in [0.717, 1.165) is 18.4 Å². The molecule has 0 bridgehead atoms. The highest BCUT2D eigenvalue weighted by molar-refractivity contribution is 5.32. The van der Waals surface area contributed by atoms with Crippen molar-refractivity contribution in [2.24, 2.45) is 0 Å². The number of fused-ring (bicyclic) bond motifs is 1. The van der Waals surface area contributed by atoms with E-state index < -0.39 is 0 Å². The van der Waals surface area contributed by atoms with E-state index in [0.29, 0.717) is 0 Å². The van der Waals surface area contributed by atoms with Crippen molar-refractivity contribution in [3.8, 4) is 0 Å². The van der Waals surface area contributed by atoms with E-state index in [4.69, 9.17) is 0 Å². The normalized spacial score (nSPS) is 26.9. The minimum Gasteiger partial charge on any atom is -0.387 e. The molecule has 0 radical (unpaired) electrons. The van der Waals surface area contributed by atoms with Gasteiger partial charge in [0.05, 0.1) is 6.10 Å². The SMILES string of the molecule is CN[C@@H]1CCc2ccccc2C1O. The van der Waals surface area contributed by atoms with Crippen molar-refractivity contribution >= 4 is 0 Å². The van der Waals surface area contributed by atoms with Crippen molar-refractivity contribution in [2.75, 3.05) is 7.05 Å². The quantitative estimate of drug-likeness (QED) is 0.676. The van der Waals surface area contributed by atoms with Crippen LogP contribution in [0.4, 0.5) is 0 Å². The molecular formula is C11H15NO. The minimum absolute atomic E-state index is 0.217. The molecule has 1 unspecified atom stereocenters. The van der Waals surface area contributed by atoms with Crippen LogP contribution in [0.25, 0.3) is 0 Å². The second-order valence-corrected chi connectivity index (χ2v) is 3.58. The van der Waals surface area contributed by atoms with Crippen molar-refractivity contribution in [1.82, 2.24) is 5.32 Å². The summed E-state index contributed by atoms with van der Waals surface area (Å²) in [6, 6.07) is 8.36. The zero-order valence-electron chi connectivity index (χ0n) is 7.83. The zero-order valence-corrected chi connectivity index (χ0v) is 7.83.